The number of methoxy groups -OCH3 is 1. The van der Waals surface area contributed by atoms with Crippen LogP contribution in [0.15, 0.2) is 5.38 Å². The summed E-state index contributed by atoms with van der Waals surface area (Å²) in [6, 6.07) is 0. The number of carbonyl (C=O) groups is 2. The molecule has 134 valence electrons. The van der Waals surface area contributed by atoms with Crippen LogP contribution >= 0.6 is 34.9 Å². The smallest absolute Gasteiger partial charge is 0.341 e. The Kier molecular flexibility index (Phi) is 6.15. The zero-order valence-corrected chi connectivity index (χ0v) is 17.0. The minimum atomic E-state index is -0.430. The molecular formula is C16H19N3O3S3. The number of anilines is 1. The number of esters is 1. The summed E-state index contributed by atoms with van der Waals surface area (Å²) >= 11 is 8.12. The molecule has 0 radical (unpaired) electrons. The van der Waals surface area contributed by atoms with E-state index in [0.29, 0.717) is 16.1 Å². The molecule has 0 unspecified atom stereocenters. The van der Waals surface area contributed by atoms with Crippen molar-refractivity contribution in [3.8, 4) is 0 Å². The predicted octanol–water partition coefficient (Wildman–Crippen LogP) is 3.46. The zero-order valence-electron chi connectivity index (χ0n) is 14.5. The predicted molar refractivity (Wildman–Crippen MR) is 106 cm³/mol. The van der Waals surface area contributed by atoms with E-state index in [4.69, 9.17) is 17.0 Å². The number of ether oxygens (including phenoxy) is 1. The lowest BCUT2D eigenvalue weighted by Gasteiger charge is -2.11. The van der Waals surface area contributed by atoms with Gasteiger partial charge < -0.3 is 10.1 Å². The van der Waals surface area contributed by atoms with Gasteiger partial charge in [0.15, 0.2) is 5.11 Å². The Balaban J connectivity index is 2.04. The van der Waals surface area contributed by atoms with E-state index in [1.807, 2.05) is 27.7 Å². The molecule has 0 aliphatic heterocycles. The number of hydrogen-bond acceptors (Lipinski definition) is 6. The maximum atomic E-state index is 12.2. The Bertz CT molecular complexity index is 839. The molecule has 0 atom stereocenters. The van der Waals surface area contributed by atoms with E-state index in [1.165, 1.54) is 29.8 Å². The van der Waals surface area contributed by atoms with E-state index in [0.717, 1.165) is 20.9 Å². The minimum absolute atomic E-state index is 0.185. The Hall–Kier alpha value is -1.97. The lowest BCUT2D eigenvalue weighted by Crippen LogP contribution is -2.43. The molecule has 0 saturated heterocycles. The van der Waals surface area contributed by atoms with Crippen molar-refractivity contribution in [2.24, 2.45) is 0 Å². The molecule has 0 fully saturated rings. The second kappa shape index (κ2) is 7.94. The van der Waals surface area contributed by atoms with E-state index in [9.17, 15) is 9.59 Å². The minimum Gasteiger partial charge on any atom is -0.465 e. The Morgan fingerprint density at radius 1 is 1.08 bits per heavy atom. The maximum Gasteiger partial charge on any atom is 0.341 e. The molecule has 0 aromatic carbocycles. The highest BCUT2D eigenvalue weighted by atomic mass is 32.1. The normalized spacial score (nSPS) is 10.3. The number of aryl methyl sites for hydroxylation is 2. The average Bonchev–Trinajstić information content (AvgIpc) is 3.04. The Morgan fingerprint density at radius 2 is 1.76 bits per heavy atom. The van der Waals surface area contributed by atoms with Crippen LogP contribution in [0.4, 0.5) is 5.00 Å². The maximum absolute atomic E-state index is 12.2. The van der Waals surface area contributed by atoms with E-state index in [1.54, 1.807) is 5.38 Å². The van der Waals surface area contributed by atoms with Crippen LogP contribution in [-0.4, -0.2) is 24.1 Å². The van der Waals surface area contributed by atoms with Crippen molar-refractivity contribution in [3.05, 3.63) is 37.4 Å². The summed E-state index contributed by atoms with van der Waals surface area (Å²) < 4.78 is 4.82. The van der Waals surface area contributed by atoms with Gasteiger partial charge in [-0.05, 0) is 51.0 Å². The van der Waals surface area contributed by atoms with Crippen LogP contribution in [0.5, 0.6) is 0 Å². The fraction of sp³-hybridized carbons (Fsp3) is 0.312. The van der Waals surface area contributed by atoms with Crippen molar-refractivity contribution in [2.45, 2.75) is 27.7 Å². The second-order valence-electron chi connectivity index (χ2n) is 5.34. The molecule has 2 rings (SSSR count). The van der Waals surface area contributed by atoms with Crippen LogP contribution in [0.25, 0.3) is 0 Å². The van der Waals surface area contributed by atoms with Crippen molar-refractivity contribution in [3.63, 3.8) is 0 Å². The van der Waals surface area contributed by atoms with Gasteiger partial charge in [-0.1, -0.05) is 0 Å². The summed E-state index contributed by atoms with van der Waals surface area (Å²) in [5.41, 5.74) is 8.06. The Labute approximate surface area is 159 Å². The number of hydrazine groups is 1. The number of rotatable bonds is 3. The van der Waals surface area contributed by atoms with Crippen LogP contribution in [0, 0.1) is 27.7 Å². The van der Waals surface area contributed by atoms with E-state index in [-0.39, 0.29) is 11.0 Å². The molecule has 3 N–H and O–H groups in total. The SMILES string of the molecule is COC(=O)c1c(NC(=S)NNC(=O)c2csc(C)c2C)sc(C)c1C. The van der Waals surface area contributed by atoms with Crippen LogP contribution in [-0.2, 0) is 4.74 Å². The van der Waals surface area contributed by atoms with Crippen LogP contribution in [0.2, 0.25) is 0 Å². The third-order valence-corrected chi connectivity index (χ3v) is 6.16. The van der Waals surface area contributed by atoms with E-state index >= 15 is 0 Å². The van der Waals surface area contributed by atoms with Gasteiger partial charge in [0.2, 0.25) is 0 Å². The molecule has 9 heteroatoms. The van der Waals surface area contributed by atoms with Crippen molar-refractivity contribution >= 4 is 56.9 Å². The molecule has 1 amide bonds. The fourth-order valence-corrected chi connectivity index (χ4v) is 4.25. The van der Waals surface area contributed by atoms with Gasteiger partial charge in [0.05, 0.1) is 18.2 Å². The lowest BCUT2D eigenvalue weighted by atomic mass is 10.1. The molecule has 0 bridgehead atoms. The second-order valence-corrected chi connectivity index (χ2v) is 8.06. The first-order valence-electron chi connectivity index (χ1n) is 7.36. The van der Waals surface area contributed by atoms with Crippen molar-refractivity contribution in [2.75, 3.05) is 12.4 Å². The molecule has 2 heterocycles. The number of thiophene rings is 2. The third kappa shape index (κ3) is 4.17. The number of hydrogen-bond donors (Lipinski definition) is 3. The molecule has 6 nitrogen and oxygen atoms in total. The molecule has 0 spiro atoms. The summed E-state index contributed by atoms with van der Waals surface area (Å²) in [5.74, 6) is -0.696. The summed E-state index contributed by atoms with van der Waals surface area (Å²) in [6.45, 7) is 7.63. The molecule has 0 aliphatic carbocycles. The molecule has 2 aromatic rings. The Morgan fingerprint density at radius 3 is 2.32 bits per heavy atom. The summed E-state index contributed by atoms with van der Waals surface area (Å²) in [4.78, 5) is 26.2. The highest BCUT2D eigenvalue weighted by Crippen LogP contribution is 2.32. The van der Waals surface area contributed by atoms with Gasteiger partial charge in [0.25, 0.3) is 5.91 Å². The lowest BCUT2D eigenvalue weighted by molar-refractivity contribution is 0.0601. The number of thiocarbonyl (C=S) groups is 1. The summed E-state index contributed by atoms with van der Waals surface area (Å²) in [5, 5.41) is 5.51. The van der Waals surface area contributed by atoms with Gasteiger partial charge in [0, 0.05) is 15.1 Å². The molecule has 0 aliphatic rings. The average molecular weight is 398 g/mol. The van der Waals surface area contributed by atoms with Crippen LogP contribution in [0.1, 0.15) is 41.6 Å². The molecular weight excluding hydrogens is 378 g/mol. The highest BCUT2D eigenvalue weighted by molar-refractivity contribution is 7.80. The first-order valence-corrected chi connectivity index (χ1v) is 9.47. The van der Waals surface area contributed by atoms with Gasteiger partial charge >= 0.3 is 5.97 Å². The highest BCUT2D eigenvalue weighted by Gasteiger charge is 2.21. The zero-order chi connectivity index (χ0) is 18.7. The van der Waals surface area contributed by atoms with Crippen LogP contribution in [0.3, 0.4) is 0 Å². The van der Waals surface area contributed by atoms with Crippen molar-refractivity contribution in [1.29, 1.82) is 0 Å². The number of carbonyl (C=O) groups excluding carboxylic acids is 2. The summed E-state index contributed by atoms with van der Waals surface area (Å²) in [6.07, 6.45) is 0. The van der Waals surface area contributed by atoms with Crippen molar-refractivity contribution < 1.29 is 14.3 Å². The third-order valence-electron chi connectivity index (χ3n) is 3.82. The van der Waals surface area contributed by atoms with Gasteiger partial charge in [0.1, 0.15) is 5.00 Å². The standard InChI is InChI=1S/C16H19N3O3S3/c1-7-9(3)24-6-11(7)13(20)18-19-16(23)17-14-12(15(21)22-5)8(2)10(4)25-14/h6H,1-5H3,(H,18,20)(H2,17,19,23). The fourth-order valence-electron chi connectivity index (χ4n) is 2.12. The number of nitrogens with one attached hydrogen (secondary N) is 3. The molecule has 0 saturated carbocycles. The van der Waals surface area contributed by atoms with Crippen LogP contribution < -0.4 is 16.2 Å². The van der Waals surface area contributed by atoms with Gasteiger partial charge in [-0.25, -0.2) is 4.79 Å². The first-order chi connectivity index (χ1) is 11.8. The quantitative estimate of drug-likeness (QED) is 0.418. The first kappa shape index (κ1) is 19.4. The molecule has 2 aromatic heterocycles. The van der Waals surface area contributed by atoms with E-state index < -0.39 is 5.97 Å². The monoisotopic (exact) mass is 397 g/mol. The largest absolute Gasteiger partial charge is 0.465 e. The van der Waals surface area contributed by atoms with E-state index in [2.05, 4.69) is 16.2 Å². The number of amides is 1. The molecule has 25 heavy (non-hydrogen) atoms. The van der Waals surface area contributed by atoms with Gasteiger partial charge in [-0.2, -0.15) is 0 Å². The van der Waals surface area contributed by atoms with Crippen molar-refractivity contribution in [1.82, 2.24) is 10.9 Å². The summed E-state index contributed by atoms with van der Waals surface area (Å²) in [7, 11) is 1.33. The topological polar surface area (TPSA) is 79.5 Å². The van der Waals surface area contributed by atoms with Gasteiger partial charge in [-0.3, -0.25) is 15.6 Å². The van der Waals surface area contributed by atoms with Gasteiger partial charge in [-0.15, -0.1) is 22.7 Å².